The van der Waals surface area contributed by atoms with Gasteiger partial charge in [-0.2, -0.15) is 15.3 Å². The molecule has 0 aliphatic heterocycles. The van der Waals surface area contributed by atoms with Crippen molar-refractivity contribution in [2.24, 2.45) is 0 Å². The Labute approximate surface area is 156 Å². The van der Waals surface area contributed by atoms with E-state index in [0.717, 1.165) is 5.56 Å². The highest BCUT2D eigenvalue weighted by atomic mass is 16.5. The van der Waals surface area contributed by atoms with E-state index in [2.05, 4.69) is 31.9 Å². The number of hydrogen-bond acceptors (Lipinski definition) is 8. The summed E-state index contributed by atoms with van der Waals surface area (Å²) < 4.78 is 10.5. The minimum atomic E-state index is 0.336. The molecule has 3 rings (SSSR count). The zero-order valence-electron chi connectivity index (χ0n) is 14.9. The molecule has 0 atom stereocenters. The number of nitriles is 1. The molecule has 0 aliphatic rings. The molecule has 3 aromatic rings. The third-order valence-electron chi connectivity index (χ3n) is 3.73. The quantitative estimate of drug-likeness (QED) is 0.660. The van der Waals surface area contributed by atoms with E-state index in [1.54, 1.807) is 32.4 Å². The van der Waals surface area contributed by atoms with E-state index < -0.39 is 0 Å². The van der Waals surface area contributed by atoms with Crippen LogP contribution in [-0.2, 0) is 6.54 Å². The highest BCUT2D eigenvalue weighted by Crippen LogP contribution is 2.27. The van der Waals surface area contributed by atoms with Gasteiger partial charge in [0.05, 0.1) is 32.0 Å². The van der Waals surface area contributed by atoms with Crippen molar-refractivity contribution < 1.29 is 9.47 Å². The second-order valence-corrected chi connectivity index (χ2v) is 5.53. The number of benzene rings is 2. The van der Waals surface area contributed by atoms with Gasteiger partial charge in [0.15, 0.2) is 17.3 Å². The number of methoxy groups -OCH3 is 2. The van der Waals surface area contributed by atoms with Gasteiger partial charge in [0, 0.05) is 12.2 Å². The number of nitrogens with zero attached hydrogens (tertiary/aromatic N) is 4. The van der Waals surface area contributed by atoms with Gasteiger partial charge in [-0.15, -0.1) is 5.10 Å². The van der Waals surface area contributed by atoms with Crippen LogP contribution in [0.2, 0.25) is 0 Å². The fourth-order valence-corrected chi connectivity index (χ4v) is 2.42. The third-order valence-corrected chi connectivity index (χ3v) is 3.73. The molecule has 27 heavy (non-hydrogen) atoms. The Hall–Kier alpha value is -3.86. The highest BCUT2D eigenvalue weighted by Gasteiger charge is 2.06. The monoisotopic (exact) mass is 362 g/mol. The number of nitrogens with one attached hydrogen (secondary N) is 2. The van der Waals surface area contributed by atoms with Gasteiger partial charge in [-0.1, -0.05) is 12.1 Å². The Bertz CT molecular complexity index is 970. The summed E-state index contributed by atoms with van der Waals surface area (Å²) in [7, 11) is 3.20. The molecule has 1 aromatic heterocycles. The molecule has 136 valence electrons. The molecule has 0 unspecified atom stereocenters. The SMILES string of the molecule is COc1ccc(CNc2cnnc(Nc3cccc(C#N)c3)n2)cc1OC. The normalized spacial score (nSPS) is 9.96. The van der Waals surface area contributed by atoms with Gasteiger partial charge in [0.1, 0.15) is 0 Å². The van der Waals surface area contributed by atoms with Gasteiger partial charge in [-0.3, -0.25) is 0 Å². The minimum Gasteiger partial charge on any atom is -0.493 e. The Morgan fingerprint density at radius 2 is 1.93 bits per heavy atom. The van der Waals surface area contributed by atoms with Gasteiger partial charge in [-0.25, -0.2) is 0 Å². The summed E-state index contributed by atoms with van der Waals surface area (Å²) in [6.07, 6.45) is 1.54. The Morgan fingerprint density at radius 1 is 1.07 bits per heavy atom. The zero-order chi connectivity index (χ0) is 19.1. The van der Waals surface area contributed by atoms with Crippen LogP contribution in [0.4, 0.5) is 17.5 Å². The van der Waals surface area contributed by atoms with Crippen LogP contribution in [0.15, 0.2) is 48.7 Å². The molecule has 0 bridgehead atoms. The first-order chi connectivity index (χ1) is 13.2. The van der Waals surface area contributed by atoms with Crippen LogP contribution < -0.4 is 20.1 Å². The van der Waals surface area contributed by atoms with Gasteiger partial charge in [-0.05, 0) is 35.9 Å². The first-order valence-electron chi connectivity index (χ1n) is 8.13. The molecule has 0 aliphatic carbocycles. The lowest BCUT2D eigenvalue weighted by Crippen LogP contribution is -2.06. The van der Waals surface area contributed by atoms with Crippen molar-refractivity contribution in [2.75, 3.05) is 24.9 Å². The van der Waals surface area contributed by atoms with E-state index in [1.807, 2.05) is 24.3 Å². The van der Waals surface area contributed by atoms with Crippen molar-refractivity contribution in [1.82, 2.24) is 15.2 Å². The smallest absolute Gasteiger partial charge is 0.249 e. The summed E-state index contributed by atoms with van der Waals surface area (Å²) in [5.41, 5.74) is 2.27. The molecule has 0 spiro atoms. The van der Waals surface area contributed by atoms with Crippen molar-refractivity contribution in [2.45, 2.75) is 6.54 Å². The molecular formula is C19H18N6O2. The van der Waals surface area contributed by atoms with Gasteiger partial charge in [0.25, 0.3) is 0 Å². The lowest BCUT2D eigenvalue weighted by Gasteiger charge is -2.11. The Morgan fingerprint density at radius 3 is 2.70 bits per heavy atom. The standard InChI is InChI=1S/C19H18N6O2/c1-26-16-7-6-14(9-17(16)27-2)11-21-18-12-22-25-19(24-18)23-15-5-3-4-13(8-15)10-20/h3-9,12H,11H2,1-2H3,(H2,21,23,24,25). The molecule has 1 heterocycles. The predicted octanol–water partition coefficient (Wildman–Crippen LogP) is 3.12. The van der Waals surface area contributed by atoms with Crippen molar-refractivity contribution in [1.29, 1.82) is 5.26 Å². The van der Waals surface area contributed by atoms with E-state index in [9.17, 15) is 0 Å². The third kappa shape index (κ3) is 4.61. The number of rotatable bonds is 7. The first kappa shape index (κ1) is 17.9. The lowest BCUT2D eigenvalue weighted by molar-refractivity contribution is 0.354. The van der Waals surface area contributed by atoms with Gasteiger partial charge in [0.2, 0.25) is 5.95 Å². The van der Waals surface area contributed by atoms with E-state index in [4.69, 9.17) is 14.7 Å². The molecular weight excluding hydrogens is 344 g/mol. The Balaban J connectivity index is 1.68. The van der Waals surface area contributed by atoms with Crippen LogP contribution in [0.5, 0.6) is 11.5 Å². The van der Waals surface area contributed by atoms with Crippen LogP contribution in [0, 0.1) is 11.3 Å². The van der Waals surface area contributed by atoms with Crippen LogP contribution in [-0.4, -0.2) is 29.4 Å². The zero-order valence-corrected chi connectivity index (χ0v) is 14.9. The molecule has 0 radical (unpaired) electrons. The summed E-state index contributed by atoms with van der Waals surface area (Å²) in [5.74, 6) is 2.24. The highest BCUT2D eigenvalue weighted by molar-refractivity contribution is 5.56. The number of hydrogen-bond donors (Lipinski definition) is 2. The molecule has 0 saturated heterocycles. The van der Waals surface area contributed by atoms with Crippen molar-refractivity contribution in [3.05, 3.63) is 59.8 Å². The largest absolute Gasteiger partial charge is 0.493 e. The summed E-state index contributed by atoms with van der Waals surface area (Å²) in [4.78, 5) is 4.38. The summed E-state index contributed by atoms with van der Waals surface area (Å²) >= 11 is 0. The average molecular weight is 362 g/mol. The second-order valence-electron chi connectivity index (χ2n) is 5.53. The van der Waals surface area contributed by atoms with Crippen LogP contribution in [0.3, 0.4) is 0 Å². The van der Waals surface area contributed by atoms with E-state index in [1.165, 1.54) is 6.20 Å². The molecule has 0 saturated carbocycles. The second kappa shape index (κ2) is 8.49. The van der Waals surface area contributed by atoms with E-state index in [-0.39, 0.29) is 0 Å². The molecule has 8 heteroatoms. The van der Waals surface area contributed by atoms with Crippen LogP contribution in [0.25, 0.3) is 0 Å². The number of ether oxygens (including phenoxy) is 2. The fraction of sp³-hybridized carbons (Fsp3) is 0.158. The van der Waals surface area contributed by atoms with Crippen molar-refractivity contribution in [3.8, 4) is 17.6 Å². The maximum absolute atomic E-state index is 8.97. The minimum absolute atomic E-state index is 0.336. The predicted molar refractivity (Wildman–Crippen MR) is 101 cm³/mol. The summed E-state index contributed by atoms with van der Waals surface area (Å²) in [5, 5.41) is 23.1. The molecule has 8 nitrogen and oxygen atoms in total. The van der Waals surface area contributed by atoms with Crippen LogP contribution in [0.1, 0.15) is 11.1 Å². The maximum atomic E-state index is 8.97. The maximum Gasteiger partial charge on any atom is 0.249 e. The molecule has 2 N–H and O–H groups in total. The topological polar surface area (TPSA) is 105 Å². The number of anilines is 3. The van der Waals surface area contributed by atoms with Gasteiger partial charge >= 0.3 is 0 Å². The first-order valence-corrected chi connectivity index (χ1v) is 8.13. The fourth-order valence-electron chi connectivity index (χ4n) is 2.42. The van der Waals surface area contributed by atoms with Crippen molar-refractivity contribution >= 4 is 17.5 Å². The van der Waals surface area contributed by atoms with E-state index in [0.29, 0.717) is 41.1 Å². The molecule has 0 fully saturated rings. The lowest BCUT2D eigenvalue weighted by atomic mass is 10.2. The molecule has 0 amide bonds. The Kier molecular flexibility index (Phi) is 5.64. The summed E-state index contributed by atoms with van der Waals surface area (Å²) in [6.45, 7) is 0.530. The average Bonchev–Trinajstić information content (AvgIpc) is 2.72. The van der Waals surface area contributed by atoms with Gasteiger partial charge < -0.3 is 20.1 Å². The summed E-state index contributed by atoms with van der Waals surface area (Å²) in [6, 6.07) is 14.8. The van der Waals surface area contributed by atoms with E-state index >= 15 is 0 Å². The number of aromatic nitrogens is 3. The molecule has 2 aromatic carbocycles. The van der Waals surface area contributed by atoms with Crippen LogP contribution >= 0.6 is 0 Å². The van der Waals surface area contributed by atoms with Crippen molar-refractivity contribution in [3.63, 3.8) is 0 Å².